The molecule has 0 saturated heterocycles. The smallest absolute Gasteiger partial charge is 0.304 e. The van der Waals surface area contributed by atoms with E-state index in [2.05, 4.69) is 27.2 Å². The summed E-state index contributed by atoms with van der Waals surface area (Å²) in [6.07, 6.45) is 2.05. The van der Waals surface area contributed by atoms with Crippen LogP contribution in [0.3, 0.4) is 0 Å². The van der Waals surface area contributed by atoms with E-state index < -0.39 is 23.0 Å². The molecule has 5 rings (SSSR count). The first-order valence-corrected chi connectivity index (χ1v) is 12.1. The third kappa shape index (κ3) is 4.67. The molecule has 0 bridgehead atoms. The van der Waals surface area contributed by atoms with Gasteiger partial charge in [0.25, 0.3) is 0 Å². The fraction of sp³-hybridized carbons (Fsp3) is 0.346. The van der Waals surface area contributed by atoms with Crippen LogP contribution < -0.4 is 15.0 Å². The Hall–Kier alpha value is -3.50. The van der Waals surface area contributed by atoms with Gasteiger partial charge in [-0.1, -0.05) is 18.5 Å². The lowest BCUT2D eigenvalue weighted by atomic mass is 9.81. The lowest BCUT2D eigenvalue weighted by Gasteiger charge is -2.26. The van der Waals surface area contributed by atoms with Gasteiger partial charge in [0.05, 0.1) is 25.4 Å². The van der Waals surface area contributed by atoms with Crippen molar-refractivity contribution in [1.29, 1.82) is 0 Å². The highest BCUT2D eigenvalue weighted by Gasteiger charge is 2.43. The minimum atomic E-state index is -1.05. The van der Waals surface area contributed by atoms with Gasteiger partial charge in [0.1, 0.15) is 10.8 Å². The number of nitrogens with zero attached hydrogens (tertiary/aromatic N) is 4. The Morgan fingerprint density at radius 3 is 2.73 bits per heavy atom. The molecule has 11 heteroatoms. The number of carboxylic acid groups (broad SMARTS) is 1. The van der Waals surface area contributed by atoms with Crippen molar-refractivity contribution >= 4 is 40.7 Å². The fourth-order valence-electron chi connectivity index (χ4n) is 5.16. The van der Waals surface area contributed by atoms with E-state index in [0.717, 1.165) is 31.6 Å². The Morgan fingerprint density at radius 2 is 2.00 bits per heavy atom. The van der Waals surface area contributed by atoms with Crippen molar-refractivity contribution in [3.8, 4) is 5.75 Å². The van der Waals surface area contributed by atoms with Crippen LogP contribution in [0.4, 0.5) is 31.9 Å². The van der Waals surface area contributed by atoms with Gasteiger partial charge < -0.3 is 25.0 Å². The number of hydrogen-bond donors (Lipinski definition) is 2. The average Bonchev–Trinajstić information content (AvgIpc) is 3.10. The molecule has 0 amide bonds. The highest BCUT2D eigenvalue weighted by molar-refractivity contribution is 6.33. The normalized spacial score (nSPS) is 18.9. The van der Waals surface area contributed by atoms with Gasteiger partial charge in [0.15, 0.2) is 17.5 Å². The van der Waals surface area contributed by atoms with Crippen LogP contribution in [0.5, 0.6) is 5.75 Å². The Bertz CT molecular complexity index is 1410. The van der Waals surface area contributed by atoms with Crippen LogP contribution >= 0.6 is 11.6 Å². The molecular formula is C26H26ClF2N5O3. The zero-order valence-electron chi connectivity index (χ0n) is 20.6. The molecule has 194 valence electrons. The number of hydrogen-bond acceptors (Lipinski definition) is 7. The van der Waals surface area contributed by atoms with Crippen LogP contribution in [0.15, 0.2) is 30.5 Å². The molecule has 0 radical (unpaired) electrons. The number of ether oxygens (including phenoxy) is 1. The van der Waals surface area contributed by atoms with Crippen molar-refractivity contribution in [3.05, 3.63) is 63.8 Å². The maximum atomic E-state index is 14.3. The first-order valence-electron chi connectivity index (χ1n) is 11.7. The molecule has 2 aromatic carbocycles. The van der Waals surface area contributed by atoms with E-state index in [1.807, 2.05) is 12.1 Å². The summed E-state index contributed by atoms with van der Waals surface area (Å²) in [6.45, 7) is 3.58. The molecule has 2 aliphatic heterocycles. The lowest BCUT2D eigenvalue weighted by molar-refractivity contribution is -0.138. The lowest BCUT2D eigenvalue weighted by Crippen LogP contribution is -2.31. The van der Waals surface area contributed by atoms with E-state index in [1.165, 1.54) is 17.3 Å². The number of halogens is 3. The van der Waals surface area contributed by atoms with Gasteiger partial charge in [0.2, 0.25) is 5.95 Å². The third-order valence-electron chi connectivity index (χ3n) is 6.98. The number of methoxy groups -OCH3 is 1. The fourth-order valence-corrected chi connectivity index (χ4v) is 5.35. The predicted molar refractivity (Wildman–Crippen MR) is 136 cm³/mol. The molecule has 37 heavy (non-hydrogen) atoms. The zero-order valence-corrected chi connectivity index (χ0v) is 21.4. The molecule has 1 atom stereocenters. The predicted octanol–water partition coefficient (Wildman–Crippen LogP) is 5.03. The number of fused-ring (bicyclic) bond motifs is 2. The van der Waals surface area contributed by atoms with Crippen molar-refractivity contribution in [2.24, 2.45) is 0 Å². The van der Waals surface area contributed by atoms with Crippen molar-refractivity contribution in [3.63, 3.8) is 0 Å². The number of nitrogens with one attached hydrogen (secondary N) is 1. The molecule has 8 nitrogen and oxygen atoms in total. The summed E-state index contributed by atoms with van der Waals surface area (Å²) in [5.41, 5.74) is 2.75. The number of aromatic nitrogens is 2. The summed E-state index contributed by atoms with van der Waals surface area (Å²) in [7, 11) is 3.66. The zero-order chi connectivity index (χ0) is 26.5. The number of likely N-dealkylation sites (N-methyl/N-ethyl adjacent to an activating group) is 1. The van der Waals surface area contributed by atoms with Crippen molar-refractivity contribution in [2.45, 2.75) is 31.7 Å². The molecule has 0 saturated carbocycles. The van der Waals surface area contributed by atoms with Gasteiger partial charge in [-0.25, -0.2) is 13.8 Å². The van der Waals surface area contributed by atoms with E-state index in [-0.39, 0.29) is 29.8 Å². The molecule has 3 heterocycles. The van der Waals surface area contributed by atoms with Crippen molar-refractivity contribution in [2.75, 3.05) is 37.5 Å². The number of carbonyl (C=O) groups is 1. The quantitative estimate of drug-likeness (QED) is 0.459. The first-order chi connectivity index (χ1) is 17.6. The molecule has 0 fully saturated rings. The average molecular weight is 530 g/mol. The number of benzene rings is 2. The third-order valence-corrected chi connectivity index (χ3v) is 7.25. The van der Waals surface area contributed by atoms with Crippen LogP contribution in [-0.2, 0) is 23.2 Å². The second-order valence-corrected chi connectivity index (χ2v) is 10.2. The van der Waals surface area contributed by atoms with E-state index in [4.69, 9.17) is 16.3 Å². The first kappa shape index (κ1) is 25.2. The van der Waals surface area contributed by atoms with Gasteiger partial charge in [0, 0.05) is 36.8 Å². The Morgan fingerprint density at radius 1 is 1.24 bits per heavy atom. The summed E-state index contributed by atoms with van der Waals surface area (Å²) < 4.78 is 34.0. The van der Waals surface area contributed by atoms with Gasteiger partial charge in [-0.3, -0.25) is 4.79 Å². The van der Waals surface area contributed by atoms with Gasteiger partial charge >= 0.3 is 5.97 Å². The van der Waals surface area contributed by atoms with E-state index in [9.17, 15) is 18.7 Å². The Labute approximate surface area is 217 Å². The highest BCUT2D eigenvalue weighted by Crippen LogP contribution is 2.48. The molecule has 1 unspecified atom stereocenters. The molecule has 2 N–H and O–H groups in total. The van der Waals surface area contributed by atoms with Crippen LogP contribution in [0.25, 0.3) is 0 Å². The number of rotatable bonds is 6. The number of anilines is 4. The van der Waals surface area contributed by atoms with E-state index in [0.29, 0.717) is 22.7 Å². The second kappa shape index (κ2) is 9.42. The van der Waals surface area contributed by atoms with Gasteiger partial charge in [-0.05, 0) is 48.4 Å². The SMILES string of the molecule is COc1cc2c(cc1Nc1ncc(Cl)c(N3CC(C)(CC(=O)O)c4cc(F)c(F)cc43)n1)CN(C)CC2. The molecule has 1 aromatic heterocycles. The minimum Gasteiger partial charge on any atom is -0.495 e. The molecular weight excluding hydrogens is 504 g/mol. The maximum absolute atomic E-state index is 14.3. The topological polar surface area (TPSA) is 90.8 Å². The van der Waals surface area contributed by atoms with Crippen LogP contribution in [0.1, 0.15) is 30.0 Å². The maximum Gasteiger partial charge on any atom is 0.304 e. The summed E-state index contributed by atoms with van der Waals surface area (Å²) in [6, 6.07) is 6.12. The van der Waals surface area contributed by atoms with Crippen LogP contribution in [-0.4, -0.2) is 53.2 Å². The summed E-state index contributed by atoms with van der Waals surface area (Å²) in [5, 5.41) is 12.9. The molecule has 3 aromatic rings. The largest absolute Gasteiger partial charge is 0.495 e. The highest BCUT2D eigenvalue weighted by atomic mass is 35.5. The Balaban J connectivity index is 1.54. The van der Waals surface area contributed by atoms with Crippen molar-refractivity contribution < 1.29 is 23.4 Å². The van der Waals surface area contributed by atoms with Gasteiger partial charge in [-0.15, -0.1) is 0 Å². The Kier molecular flexibility index (Phi) is 6.41. The number of carboxylic acids is 1. The molecule has 0 aliphatic carbocycles. The summed E-state index contributed by atoms with van der Waals surface area (Å²) in [5.74, 6) is -2.04. The summed E-state index contributed by atoms with van der Waals surface area (Å²) in [4.78, 5) is 24.3. The standard InChI is InChI=1S/C26H26ClF2N5O3/c1-26(10-23(35)36)13-34(21-9-19(29)18(28)8-16(21)26)24-17(27)11-30-25(32-24)31-20-6-15-12-33(2)5-4-14(15)7-22(20)37-3/h6-9,11H,4-5,10,12-13H2,1-3H3,(H,35,36)(H,30,31,32). The van der Waals surface area contributed by atoms with Crippen molar-refractivity contribution in [1.82, 2.24) is 14.9 Å². The van der Waals surface area contributed by atoms with E-state index >= 15 is 0 Å². The van der Waals surface area contributed by atoms with Crippen LogP contribution in [0.2, 0.25) is 5.02 Å². The molecule has 0 spiro atoms. The van der Waals surface area contributed by atoms with Gasteiger partial charge in [-0.2, -0.15) is 4.98 Å². The van der Waals surface area contributed by atoms with E-state index in [1.54, 1.807) is 18.9 Å². The van der Waals surface area contributed by atoms with Crippen LogP contribution in [0, 0.1) is 11.6 Å². The second-order valence-electron chi connectivity index (χ2n) is 9.80. The molecule has 2 aliphatic rings. The minimum absolute atomic E-state index is 0.113. The summed E-state index contributed by atoms with van der Waals surface area (Å²) >= 11 is 6.48. The monoisotopic (exact) mass is 529 g/mol. The number of aliphatic carboxylic acids is 1.